The molecule has 0 aliphatic carbocycles. The predicted molar refractivity (Wildman–Crippen MR) is 46.6 cm³/mol. The molecule has 4 nitrogen and oxygen atoms in total. The van der Waals surface area contributed by atoms with Crippen LogP contribution in [0.1, 0.15) is 5.56 Å². The fourth-order valence-corrected chi connectivity index (χ4v) is 0.889. The third-order valence-corrected chi connectivity index (χ3v) is 1.45. The number of aromatic nitrogens is 1. The Bertz CT molecular complexity index is 315. The van der Waals surface area contributed by atoms with Gasteiger partial charge in [-0.15, -0.1) is 0 Å². The van der Waals surface area contributed by atoms with E-state index in [0.29, 0.717) is 0 Å². The average Bonchev–Trinajstić information content (AvgIpc) is 2.16. The van der Waals surface area contributed by atoms with Crippen LogP contribution in [0.4, 0.5) is 0 Å². The summed E-state index contributed by atoms with van der Waals surface area (Å²) in [5.41, 5.74) is 0.845. The first-order chi connectivity index (χ1) is 6.33. The molecule has 0 unspecified atom stereocenters. The third kappa shape index (κ3) is 3.34. The highest BCUT2D eigenvalue weighted by Gasteiger charge is 2.00. The molecule has 0 bridgehead atoms. The molecule has 0 spiro atoms. The Morgan fingerprint density at radius 3 is 3.15 bits per heavy atom. The molecule has 0 aromatic carbocycles. The average molecular weight is 175 g/mol. The molecule has 13 heavy (non-hydrogen) atoms. The zero-order chi connectivity index (χ0) is 9.52. The van der Waals surface area contributed by atoms with E-state index in [2.05, 4.69) is 10.3 Å². The van der Waals surface area contributed by atoms with E-state index in [4.69, 9.17) is 5.26 Å². The van der Waals surface area contributed by atoms with Crippen molar-refractivity contribution in [2.24, 2.45) is 0 Å². The Hall–Kier alpha value is -1.89. The van der Waals surface area contributed by atoms with E-state index < -0.39 is 0 Å². The molecule has 0 fully saturated rings. The van der Waals surface area contributed by atoms with Gasteiger partial charge in [-0.25, -0.2) is 0 Å². The first kappa shape index (κ1) is 9.20. The second-order valence-corrected chi connectivity index (χ2v) is 2.47. The maximum atomic E-state index is 11.1. The number of nitrogens with zero attached hydrogens (tertiary/aromatic N) is 2. The largest absolute Gasteiger partial charge is 0.343 e. The Labute approximate surface area is 76.2 Å². The van der Waals surface area contributed by atoms with Crippen LogP contribution in [-0.4, -0.2) is 17.4 Å². The summed E-state index contributed by atoms with van der Waals surface area (Å²) in [6.07, 6.45) is 3.55. The van der Waals surface area contributed by atoms with Gasteiger partial charge in [0.1, 0.15) is 6.54 Å². The normalized spacial score (nSPS) is 8.85. The van der Waals surface area contributed by atoms with Crippen LogP contribution in [0.2, 0.25) is 0 Å². The molecule has 0 radical (unpaired) electrons. The highest BCUT2D eigenvalue weighted by molar-refractivity contribution is 5.78. The minimum absolute atomic E-state index is 0.0547. The van der Waals surface area contributed by atoms with E-state index >= 15 is 0 Å². The van der Waals surface area contributed by atoms with Gasteiger partial charge in [0.25, 0.3) is 0 Å². The first-order valence-electron chi connectivity index (χ1n) is 3.85. The van der Waals surface area contributed by atoms with Crippen molar-refractivity contribution >= 4 is 5.91 Å². The van der Waals surface area contributed by atoms with E-state index in [1.807, 2.05) is 12.1 Å². The summed E-state index contributed by atoms with van der Waals surface area (Å²) in [6.45, 7) is 0.0547. The van der Waals surface area contributed by atoms with Crippen LogP contribution in [0.15, 0.2) is 24.5 Å². The molecule has 1 aromatic rings. The predicted octanol–water partition coefficient (Wildman–Crippen LogP) is 0.264. The van der Waals surface area contributed by atoms with Crippen molar-refractivity contribution in [3.05, 3.63) is 30.1 Å². The summed E-state index contributed by atoms with van der Waals surface area (Å²) in [7, 11) is 0. The monoisotopic (exact) mass is 175 g/mol. The number of amides is 1. The van der Waals surface area contributed by atoms with Crippen LogP contribution in [-0.2, 0) is 11.2 Å². The summed E-state index contributed by atoms with van der Waals surface area (Å²) in [5, 5.41) is 10.7. The van der Waals surface area contributed by atoms with E-state index in [9.17, 15) is 4.79 Å². The van der Waals surface area contributed by atoms with E-state index in [-0.39, 0.29) is 18.9 Å². The van der Waals surface area contributed by atoms with E-state index in [1.54, 1.807) is 18.5 Å². The number of hydrogen-bond donors (Lipinski definition) is 1. The molecule has 0 aliphatic rings. The second kappa shape index (κ2) is 4.88. The lowest BCUT2D eigenvalue weighted by Gasteiger charge is -1.99. The number of nitrogens with one attached hydrogen (secondary N) is 1. The van der Waals surface area contributed by atoms with Crippen LogP contribution in [0.3, 0.4) is 0 Å². The van der Waals surface area contributed by atoms with Crippen LogP contribution in [0.5, 0.6) is 0 Å². The van der Waals surface area contributed by atoms with Gasteiger partial charge in [-0.05, 0) is 11.6 Å². The molecule has 0 saturated carbocycles. The molecule has 0 atom stereocenters. The smallest absolute Gasteiger partial charge is 0.225 e. The van der Waals surface area contributed by atoms with Gasteiger partial charge in [-0.3, -0.25) is 9.78 Å². The molecule has 66 valence electrons. The lowest BCUT2D eigenvalue weighted by Crippen LogP contribution is -2.25. The van der Waals surface area contributed by atoms with Crippen LogP contribution in [0, 0.1) is 11.3 Å². The molecule has 4 heteroatoms. The fourth-order valence-electron chi connectivity index (χ4n) is 0.889. The highest BCUT2D eigenvalue weighted by Crippen LogP contribution is 1.95. The Balaban J connectivity index is 2.42. The fraction of sp³-hybridized carbons (Fsp3) is 0.222. The minimum atomic E-state index is -0.158. The standard InChI is InChI=1S/C9H9N3O/c10-3-5-12-9(13)6-8-2-1-4-11-7-8/h1-2,4,7H,5-6H2,(H,12,13). The molecule has 1 rings (SSSR count). The van der Waals surface area contributed by atoms with Gasteiger partial charge in [0.2, 0.25) is 5.91 Å². The van der Waals surface area contributed by atoms with Gasteiger partial charge in [0.15, 0.2) is 0 Å². The molecule has 0 saturated heterocycles. The number of pyridine rings is 1. The van der Waals surface area contributed by atoms with Gasteiger partial charge in [0.05, 0.1) is 12.5 Å². The van der Waals surface area contributed by atoms with E-state index in [0.717, 1.165) is 5.56 Å². The summed E-state index contributed by atoms with van der Waals surface area (Å²) in [6, 6.07) is 5.43. The topological polar surface area (TPSA) is 65.8 Å². The van der Waals surface area contributed by atoms with Crippen LogP contribution < -0.4 is 5.32 Å². The zero-order valence-electron chi connectivity index (χ0n) is 7.03. The number of nitriles is 1. The second-order valence-electron chi connectivity index (χ2n) is 2.47. The Morgan fingerprint density at radius 2 is 2.54 bits per heavy atom. The van der Waals surface area contributed by atoms with Crippen molar-refractivity contribution in [3.63, 3.8) is 0 Å². The highest BCUT2D eigenvalue weighted by atomic mass is 16.1. The van der Waals surface area contributed by atoms with Gasteiger partial charge in [0, 0.05) is 12.4 Å². The molecule has 1 N–H and O–H groups in total. The Kier molecular flexibility index (Phi) is 3.45. The molecular weight excluding hydrogens is 166 g/mol. The van der Waals surface area contributed by atoms with Crippen molar-refractivity contribution in [2.75, 3.05) is 6.54 Å². The lowest BCUT2D eigenvalue weighted by molar-refractivity contribution is -0.120. The molecular formula is C9H9N3O. The Morgan fingerprint density at radius 1 is 1.69 bits per heavy atom. The number of carbonyl (C=O) groups is 1. The molecule has 1 heterocycles. The van der Waals surface area contributed by atoms with Crippen molar-refractivity contribution in [1.82, 2.24) is 10.3 Å². The van der Waals surface area contributed by atoms with Crippen molar-refractivity contribution in [3.8, 4) is 6.07 Å². The maximum absolute atomic E-state index is 11.1. The summed E-state index contributed by atoms with van der Waals surface area (Å²) >= 11 is 0. The molecule has 1 amide bonds. The van der Waals surface area contributed by atoms with Gasteiger partial charge < -0.3 is 5.32 Å². The SMILES string of the molecule is N#CCNC(=O)Cc1cccnc1. The summed E-state index contributed by atoms with van der Waals surface area (Å²) < 4.78 is 0. The van der Waals surface area contributed by atoms with Gasteiger partial charge in [-0.1, -0.05) is 6.07 Å². The van der Waals surface area contributed by atoms with Crippen molar-refractivity contribution in [1.29, 1.82) is 5.26 Å². The molecule has 0 aliphatic heterocycles. The quantitative estimate of drug-likeness (QED) is 0.670. The van der Waals surface area contributed by atoms with E-state index in [1.165, 1.54) is 0 Å². The third-order valence-electron chi connectivity index (χ3n) is 1.45. The van der Waals surface area contributed by atoms with Gasteiger partial charge in [-0.2, -0.15) is 5.26 Å². The van der Waals surface area contributed by atoms with Crippen LogP contribution >= 0.6 is 0 Å². The minimum Gasteiger partial charge on any atom is -0.343 e. The van der Waals surface area contributed by atoms with Crippen molar-refractivity contribution in [2.45, 2.75) is 6.42 Å². The summed E-state index contributed by atoms with van der Waals surface area (Å²) in [5.74, 6) is -0.158. The lowest BCUT2D eigenvalue weighted by atomic mass is 10.2. The first-order valence-corrected chi connectivity index (χ1v) is 3.85. The maximum Gasteiger partial charge on any atom is 0.225 e. The number of rotatable bonds is 3. The number of carbonyl (C=O) groups excluding carboxylic acids is 1. The van der Waals surface area contributed by atoms with Gasteiger partial charge >= 0.3 is 0 Å². The van der Waals surface area contributed by atoms with Crippen molar-refractivity contribution < 1.29 is 4.79 Å². The number of hydrogen-bond acceptors (Lipinski definition) is 3. The molecule has 1 aromatic heterocycles. The summed E-state index contributed by atoms with van der Waals surface area (Å²) in [4.78, 5) is 15.0. The zero-order valence-corrected chi connectivity index (χ0v) is 7.03. The van der Waals surface area contributed by atoms with Crippen LogP contribution in [0.25, 0.3) is 0 Å².